The highest BCUT2D eigenvalue weighted by molar-refractivity contribution is 7.98. The van der Waals surface area contributed by atoms with Gasteiger partial charge in [0.1, 0.15) is 10.7 Å². The molecule has 0 aliphatic heterocycles. The number of nitro groups is 1. The summed E-state index contributed by atoms with van der Waals surface area (Å²) in [6.07, 6.45) is 2.63. The van der Waals surface area contributed by atoms with Crippen LogP contribution in [-0.4, -0.2) is 23.8 Å². The SMILES string of the molecule is CCOC(=O)c1cc(CC)sc1Nc1ccc(SC)cc1[N+](=O)[O-]. The average molecular weight is 366 g/mol. The first kappa shape index (κ1) is 18.3. The van der Waals surface area contributed by atoms with E-state index in [4.69, 9.17) is 4.74 Å². The second kappa shape index (κ2) is 8.16. The molecule has 0 fully saturated rings. The molecular formula is C16H18N2O4S2. The minimum absolute atomic E-state index is 0.0249. The maximum Gasteiger partial charge on any atom is 0.341 e. The number of ether oxygens (including phenoxy) is 1. The summed E-state index contributed by atoms with van der Waals surface area (Å²) in [6.45, 7) is 4.00. The van der Waals surface area contributed by atoms with E-state index in [9.17, 15) is 14.9 Å². The zero-order valence-electron chi connectivity index (χ0n) is 13.6. The Kier molecular flexibility index (Phi) is 6.22. The fourth-order valence-electron chi connectivity index (χ4n) is 2.09. The Balaban J connectivity index is 2.42. The Labute approximate surface area is 148 Å². The number of carbonyl (C=O) groups is 1. The van der Waals surface area contributed by atoms with Crippen LogP contribution in [0.2, 0.25) is 0 Å². The number of hydrogen-bond acceptors (Lipinski definition) is 7. The van der Waals surface area contributed by atoms with E-state index in [1.807, 2.05) is 13.2 Å². The van der Waals surface area contributed by atoms with Crippen LogP contribution in [0, 0.1) is 10.1 Å². The average Bonchev–Trinajstić information content (AvgIpc) is 2.98. The molecule has 2 aromatic rings. The number of nitrogens with zero attached hydrogens (tertiary/aromatic N) is 1. The van der Waals surface area contributed by atoms with Crippen LogP contribution in [0.1, 0.15) is 29.1 Å². The van der Waals surface area contributed by atoms with Crippen molar-refractivity contribution in [2.24, 2.45) is 0 Å². The van der Waals surface area contributed by atoms with Crippen LogP contribution in [-0.2, 0) is 11.2 Å². The van der Waals surface area contributed by atoms with E-state index in [0.29, 0.717) is 16.3 Å². The molecule has 0 spiro atoms. The number of esters is 1. The molecule has 0 unspecified atom stereocenters. The van der Waals surface area contributed by atoms with Crippen molar-refractivity contribution in [3.8, 4) is 0 Å². The number of rotatable bonds is 7. The maximum absolute atomic E-state index is 12.1. The lowest BCUT2D eigenvalue weighted by atomic mass is 10.2. The molecule has 0 radical (unpaired) electrons. The Morgan fingerprint density at radius 1 is 1.38 bits per heavy atom. The summed E-state index contributed by atoms with van der Waals surface area (Å²) in [6, 6.07) is 6.75. The van der Waals surface area contributed by atoms with E-state index in [-0.39, 0.29) is 12.3 Å². The van der Waals surface area contributed by atoms with Gasteiger partial charge in [0.25, 0.3) is 5.69 Å². The summed E-state index contributed by atoms with van der Waals surface area (Å²) in [4.78, 5) is 24.8. The van der Waals surface area contributed by atoms with Crippen molar-refractivity contribution in [3.63, 3.8) is 0 Å². The number of anilines is 2. The third-order valence-corrected chi connectivity index (χ3v) is 5.20. The van der Waals surface area contributed by atoms with Gasteiger partial charge in [0.15, 0.2) is 0 Å². The number of thiophene rings is 1. The van der Waals surface area contributed by atoms with Gasteiger partial charge in [0.05, 0.1) is 17.1 Å². The number of aryl methyl sites for hydroxylation is 1. The third kappa shape index (κ3) is 4.07. The van der Waals surface area contributed by atoms with Crippen molar-refractivity contribution in [3.05, 3.63) is 44.8 Å². The van der Waals surface area contributed by atoms with E-state index in [1.165, 1.54) is 29.2 Å². The smallest absolute Gasteiger partial charge is 0.341 e. The molecular weight excluding hydrogens is 348 g/mol. The molecule has 0 bridgehead atoms. The van der Waals surface area contributed by atoms with Crippen molar-refractivity contribution in [1.29, 1.82) is 0 Å². The van der Waals surface area contributed by atoms with Crippen LogP contribution in [0.25, 0.3) is 0 Å². The van der Waals surface area contributed by atoms with E-state index in [1.54, 1.807) is 25.1 Å². The summed E-state index contributed by atoms with van der Waals surface area (Å²) in [5, 5.41) is 14.9. The molecule has 128 valence electrons. The van der Waals surface area contributed by atoms with Crippen LogP contribution in [0.15, 0.2) is 29.2 Å². The largest absolute Gasteiger partial charge is 0.462 e. The van der Waals surface area contributed by atoms with E-state index in [0.717, 1.165) is 16.2 Å². The first-order valence-corrected chi connectivity index (χ1v) is 9.43. The zero-order valence-corrected chi connectivity index (χ0v) is 15.3. The molecule has 8 heteroatoms. The zero-order chi connectivity index (χ0) is 17.7. The van der Waals surface area contributed by atoms with Crippen LogP contribution < -0.4 is 5.32 Å². The lowest BCUT2D eigenvalue weighted by Crippen LogP contribution is -2.06. The second-order valence-electron chi connectivity index (χ2n) is 4.79. The molecule has 1 N–H and O–H groups in total. The minimum atomic E-state index is -0.431. The van der Waals surface area contributed by atoms with Gasteiger partial charge in [-0.15, -0.1) is 23.1 Å². The van der Waals surface area contributed by atoms with Crippen molar-refractivity contribution < 1.29 is 14.5 Å². The fraction of sp³-hybridized carbons (Fsp3) is 0.312. The number of benzene rings is 1. The summed E-state index contributed by atoms with van der Waals surface area (Å²) >= 11 is 2.83. The predicted molar refractivity (Wildman–Crippen MR) is 97.8 cm³/mol. The van der Waals surface area contributed by atoms with Gasteiger partial charge >= 0.3 is 5.97 Å². The molecule has 0 aliphatic carbocycles. The molecule has 1 heterocycles. The van der Waals surface area contributed by atoms with Crippen molar-refractivity contribution in [2.45, 2.75) is 25.2 Å². The maximum atomic E-state index is 12.1. The van der Waals surface area contributed by atoms with Crippen LogP contribution >= 0.6 is 23.1 Å². The molecule has 6 nitrogen and oxygen atoms in total. The van der Waals surface area contributed by atoms with Crippen LogP contribution in [0.3, 0.4) is 0 Å². The Bertz CT molecular complexity index is 759. The quantitative estimate of drug-likeness (QED) is 0.326. The number of nitro benzene ring substituents is 1. The monoisotopic (exact) mass is 366 g/mol. The number of hydrogen-bond donors (Lipinski definition) is 1. The highest BCUT2D eigenvalue weighted by atomic mass is 32.2. The van der Waals surface area contributed by atoms with Crippen molar-refractivity contribution in [2.75, 3.05) is 18.2 Å². The predicted octanol–water partition coefficient (Wildman–Crippen LogP) is 4.86. The molecule has 0 saturated heterocycles. The molecule has 0 saturated carbocycles. The summed E-state index contributed by atoms with van der Waals surface area (Å²) in [7, 11) is 0. The Morgan fingerprint density at radius 2 is 2.12 bits per heavy atom. The van der Waals surface area contributed by atoms with Crippen molar-refractivity contribution in [1.82, 2.24) is 0 Å². The van der Waals surface area contributed by atoms with Gasteiger partial charge < -0.3 is 10.1 Å². The molecule has 1 aromatic carbocycles. The van der Waals surface area contributed by atoms with Gasteiger partial charge in [-0.2, -0.15) is 0 Å². The fourth-order valence-corrected chi connectivity index (χ4v) is 3.52. The molecule has 24 heavy (non-hydrogen) atoms. The van der Waals surface area contributed by atoms with E-state index < -0.39 is 10.9 Å². The highest BCUT2D eigenvalue weighted by Crippen LogP contribution is 2.36. The molecule has 0 atom stereocenters. The summed E-state index contributed by atoms with van der Waals surface area (Å²) in [5.74, 6) is -0.431. The van der Waals surface area contributed by atoms with Gasteiger partial charge in [0, 0.05) is 15.8 Å². The molecule has 2 rings (SSSR count). The highest BCUT2D eigenvalue weighted by Gasteiger charge is 2.21. The minimum Gasteiger partial charge on any atom is -0.462 e. The topological polar surface area (TPSA) is 81.5 Å². The van der Waals surface area contributed by atoms with E-state index >= 15 is 0 Å². The summed E-state index contributed by atoms with van der Waals surface area (Å²) < 4.78 is 5.07. The normalized spacial score (nSPS) is 10.5. The first-order chi connectivity index (χ1) is 11.5. The molecule has 0 aliphatic rings. The van der Waals surface area contributed by atoms with Gasteiger partial charge in [-0.05, 0) is 37.8 Å². The number of thioether (sulfide) groups is 1. The van der Waals surface area contributed by atoms with E-state index in [2.05, 4.69) is 5.32 Å². The molecule has 1 aromatic heterocycles. The Morgan fingerprint density at radius 3 is 2.71 bits per heavy atom. The van der Waals surface area contributed by atoms with Gasteiger partial charge in [-0.1, -0.05) is 6.92 Å². The lowest BCUT2D eigenvalue weighted by molar-refractivity contribution is -0.384. The third-order valence-electron chi connectivity index (χ3n) is 3.28. The second-order valence-corrected chi connectivity index (χ2v) is 6.81. The van der Waals surface area contributed by atoms with Crippen molar-refractivity contribution >= 4 is 45.4 Å². The standard InChI is InChI=1S/C16H18N2O4S2/c1-4-10-8-12(16(19)22-5-2)15(24-10)17-13-7-6-11(23-3)9-14(13)18(20)21/h6-9,17H,4-5H2,1-3H3. The molecule has 0 amide bonds. The van der Waals surface area contributed by atoms with Crippen LogP contribution in [0.4, 0.5) is 16.4 Å². The van der Waals surface area contributed by atoms with Gasteiger partial charge in [-0.3, -0.25) is 10.1 Å². The van der Waals surface area contributed by atoms with Gasteiger partial charge in [-0.25, -0.2) is 4.79 Å². The lowest BCUT2D eigenvalue weighted by Gasteiger charge is -2.08. The summed E-state index contributed by atoms with van der Waals surface area (Å²) in [5.41, 5.74) is 0.734. The number of nitrogens with one attached hydrogen (secondary N) is 1. The number of carbonyl (C=O) groups excluding carboxylic acids is 1. The first-order valence-electron chi connectivity index (χ1n) is 7.39. The van der Waals surface area contributed by atoms with Crippen LogP contribution in [0.5, 0.6) is 0 Å². The Hall–Kier alpha value is -2.06. The van der Waals surface area contributed by atoms with Gasteiger partial charge in [0.2, 0.25) is 0 Å².